The SMILES string of the molecule is COc1ccc(-c2nc(C(C)C)c(C(=O)O)o2)cc1Br. The molecule has 106 valence electrons. The third-order valence-electron chi connectivity index (χ3n) is 2.79. The maximum absolute atomic E-state index is 11.2. The van der Waals surface area contributed by atoms with Crippen molar-refractivity contribution in [3.63, 3.8) is 0 Å². The molecule has 5 nitrogen and oxygen atoms in total. The van der Waals surface area contributed by atoms with E-state index in [-0.39, 0.29) is 17.6 Å². The number of carboxylic acids is 1. The Bertz CT molecular complexity index is 649. The number of oxazole rings is 1. The number of rotatable bonds is 4. The Balaban J connectivity index is 2.50. The molecule has 2 aromatic rings. The summed E-state index contributed by atoms with van der Waals surface area (Å²) in [6, 6.07) is 5.31. The Morgan fingerprint density at radius 1 is 1.45 bits per heavy atom. The molecule has 0 bridgehead atoms. The predicted molar refractivity (Wildman–Crippen MR) is 77.2 cm³/mol. The standard InChI is InChI=1S/C14H14BrNO4/c1-7(2)11-12(14(17)18)20-13(16-11)8-4-5-10(19-3)9(15)6-8/h4-7H,1-3H3,(H,17,18). The average molecular weight is 340 g/mol. The molecule has 0 radical (unpaired) electrons. The molecule has 0 fully saturated rings. The van der Waals surface area contributed by atoms with Crippen LogP contribution in [0.15, 0.2) is 27.1 Å². The lowest BCUT2D eigenvalue weighted by Crippen LogP contribution is -2.01. The summed E-state index contributed by atoms with van der Waals surface area (Å²) in [5, 5.41) is 9.15. The zero-order valence-corrected chi connectivity index (χ0v) is 12.9. The summed E-state index contributed by atoms with van der Waals surface area (Å²) in [5.74, 6) is -0.278. The maximum Gasteiger partial charge on any atom is 0.373 e. The number of halogens is 1. The van der Waals surface area contributed by atoms with E-state index in [0.717, 1.165) is 4.47 Å². The number of nitrogens with zero attached hydrogens (tertiary/aromatic N) is 1. The number of hydrogen-bond donors (Lipinski definition) is 1. The van der Waals surface area contributed by atoms with Crippen LogP contribution in [0, 0.1) is 0 Å². The van der Waals surface area contributed by atoms with Gasteiger partial charge >= 0.3 is 5.97 Å². The van der Waals surface area contributed by atoms with Gasteiger partial charge < -0.3 is 14.3 Å². The fourth-order valence-corrected chi connectivity index (χ4v) is 2.34. The second kappa shape index (κ2) is 5.66. The molecule has 2 rings (SSSR count). The first-order chi connectivity index (χ1) is 9.43. The highest BCUT2D eigenvalue weighted by atomic mass is 79.9. The van der Waals surface area contributed by atoms with Crippen LogP contribution in [-0.2, 0) is 0 Å². The summed E-state index contributed by atoms with van der Waals surface area (Å²) in [7, 11) is 1.57. The van der Waals surface area contributed by atoms with Crippen LogP contribution in [0.4, 0.5) is 0 Å². The number of aromatic nitrogens is 1. The lowest BCUT2D eigenvalue weighted by Gasteiger charge is -2.03. The molecular weight excluding hydrogens is 326 g/mol. The molecule has 0 aliphatic carbocycles. The molecule has 1 aromatic heterocycles. The average Bonchev–Trinajstić information content (AvgIpc) is 2.84. The van der Waals surface area contributed by atoms with Crippen LogP contribution in [0.2, 0.25) is 0 Å². The van der Waals surface area contributed by atoms with Gasteiger partial charge in [0, 0.05) is 5.56 Å². The van der Waals surface area contributed by atoms with Gasteiger partial charge in [0.15, 0.2) is 0 Å². The first-order valence-corrected chi connectivity index (χ1v) is 6.81. The van der Waals surface area contributed by atoms with Gasteiger partial charge in [-0.2, -0.15) is 0 Å². The van der Waals surface area contributed by atoms with Gasteiger partial charge in [-0.15, -0.1) is 0 Å². The van der Waals surface area contributed by atoms with Crippen LogP contribution < -0.4 is 4.74 Å². The van der Waals surface area contributed by atoms with E-state index in [9.17, 15) is 4.79 Å². The van der Waals surface area contributed by atoms with Gasteiger partial charge in [0.05, 0.1) is 17.3 Å². The van der Waals surface area contributed by atoms with Gasteiger partial charge in [0.25, 0.3) is 0 Å². The van der Waals surface area contributed by atoms with E-state index in [4.69, 9.17) is 14.3 Å². The molecule has 0 aliphatic heterocycles. The normalized spacial score (nSPS) is 10.8. The molecule has 1 heterocycles. The van der Waals surface area contributed by atoms with Crippen molar-refractivity contribution in [2.45, 2.75) is 19.8 Å². The summed E-state index contributed by atoms with van der Waals surface area (Å²) in [5.41, 5.74) is 1.13. The second-order valence-corrected chi connectivity index (χ2v) is 5.40. The molecule has 0 saturated heterocycles. The van der Waals surface area contributed by atoms with E-state index in [1.54, 1.807) is 25.3 Å². The van der Waals surface area contributed by atoms with Crippen molar-refractivity contribution in [3.05, 3.63) is 34.1 Å². The van der Waals surface area contributed by atoms with Crippen molar-refractivity contribution in [1.82, 2.24) is 4.98 Å². The molecule has 1 aromatic carbocycles. The summed E-state index contributed by atoms with van der Waals surface area (Å²) in [6.07, 6.45) is 0. The first-order valence-electron chi connectivity index (χ1n) is 6.02. The predicted octanol–water partition coefficient (Wildman–Crippen LogP) is 3.93. The van der Waals surface area contributed by atoms with Gasteiger partial charge in [-0.05, 0) is 40.0 Å². The fourth-order valence-electron chi connectivity index (χ4n) is 1.80. The molecule has 0 aliphatic rings. The highest BCUT2D eigenvalue weighted by Gasteiger charge is 2.22. The molecule has 0 spiro atoms. The first kappa shape index (κ1) is 14.6. The van der Waals surface area contributed by atoms with Crippen molar-refractivity contribution in [3.8, 4) is 17.2 Å². The Kier molecular flexibility index (Phi) is 4.13. The van der Waals surface area contributed by atoms with Crippen LogP contribution in [0.1, 0.15) is 36.0 Å². The summed E-state index contributed by atoms with van der Waals surface area (Å²) in [6.45, 7) is 3.75. The summed E-state index contributed by atoms with van der Waals surface area (Å²) >= 11 is 3.38. The monoisotopic (exact) mass is 339 g/mol. The van der Waals surface area contributed by atoms with Crippen LogP contribution in [0.25, 0.3) is 11.5 Å². The lowest BCUT2D eigenvalue weighted by atomic mass is 10.1. The van der Waals surface area contributed by atoms with Crippen molar-refractivity contribution in [2.75, 3.05) is 7.11 Å². The third-order valence-corrected chi connectivity index (χ3v) is 3.41. The van der Waals surface area contributed by atoms with Crippen LogP contribution in [0.5, 0.6) is 5.75 Å². The van der Waals surface area contributed by atoms with Gasteiger partial charge in [-0.1, -0.05) is 13.8 Å². The van der Waals surface area contributed by atoms with Crippen LogP contribution in [0.3, 0.4) is 0 Å². The molecule has 20 heavy (non-hydrogen) atoms. The summed E-state index contributed by atoms with van der Waals surface area (Å²) in [4.78, 5) is 15.5. The van der Waals surface area contributed by atoms with E-state index in [1.807, 2.05) is 13.8 Å². The minimum atomic E-state index is -1.11. The van der Waals surface area contributed by atoms with E-state index >= 15 is 0 Å². The van der Waals surface area contributed by atoms with Gasteiger partial charge in [0.2, 0.25) is 11.7 Å². The largest absolute Gasteiger partial charge is 0.496 e. The Hall–Kier alpha value is -1.82. The quantitative estimate of drug-likeness (QED) is 0.913. The fraction of sp³-hybridized carbons (Fsp3) is 0.286. The topological polar surface area (TPSA) is 72.6 Å². The minimum absolute atomic E-state index is 0.0275. The number of hydrogen-bond acceptors (Lipinski definition) is 4. The Labute approximate surface area is 124 Å². The maximum atomic E-state index is 11.2. The zero-order chi connectivity index (χ0) is 14.9. The van der Waals surface area contributed by atoms with E-state index in [2.05, 4.69) is 20.9 Å². The Morgan fingerprint density at radius 3 is 2.60 bits per heavy atom. The van der Waals surface area contributed by atoms with Crippen LogP contribution in [-0.4, -0.2) is 23.2 Å². The highest BCUT2D eigenvalue weighted by Crippen LogP contribution is 2.32. The number of aromatic carboxylic acids is 1. The van der Waals surface area contributed by atoms with Gasteiger partial charge in [-0.3, -0.25) is 0 Å². The van der Waals surface area contributed by atoms with E-state index in [1.165, 1.54) is 0 Å². The molecule has 1 N–H and O–H groups in total. The zero-order valence-electron chi connectivity index (χ0n) is 11.3. The second-order valence-electron chi connectivity index (χ2n) is 4.54. The molecular formula is C14H14BrNO4. The van der Waals surface area contributed by atoms with Crippen molar-refractivity contribution in [2.24, 2.45) is 0 Å². The van der Waals surface area contributed by atoms with Crippen molar-refractivity contribution in [1.29, 1.82) is 0 Å². The van der Waals surface area contributed by atoms with Gasteiger partial charge in [0.1, 0.15) is 5.75 Å². The number of carbonyl (C=O) groups is 1. The lowest BCUT2D eigenvalue weighted by molar-refractivity contribution is 0.0661. The number of benzene rings is 1. The Morgan fingerprint density at radius 2 is 2.15 bits per heavy atom. The third kappa shape index (κ3) is 2.70. The molecule has 0 atom stereocenters. The number of ether oxygens (including phenoxy) is 1. The van der Waals surface area contributed by atoms with E-state index < -0.39 is 5.97 Å². The molecule has 6 heteroatoms. The smallest absolute Gasteiger partial charge is 0.373 e. The number of carboxylic acid groups (broad SMARTS) is 1. The summed E-state index contributed by atoms with van der Waals surface area (Å²) < 4.78 is 11.3. The van der Waals surface area contributed by atoms with Gasteiger partial charge in [-0.25, -0.2) is 9.78 Å². The highest BCUT2D eigenvalue weighted by molar-refractivity contribution is 9.10. The van der Waals surface area contributed by atoms with Crippen LogP contribution >= 0.6 is 15.9 Å². The minimum Gasteiger partial charge on any atom is -0.496 e. The molecule has 0 amide bonds. The number of methoxy groups -OCH3 is 1. The van der Waals surface area contributed by atoms with Crippen molar-refractivity contribution >= 4 is 21.9 Å². The molecule has 0 saturated carbocycles. The van der Waals surface area contributed by atoms with E-state index in [0.29, 0.717) is 17.0 Å². The molecule has 0 unspecified atom stereocenters. The van der Waals surface area contributed by atoms with Crippen molar-refractivity contribution < 1.29 is 19.1 Å².